The largest absolute Gasteiger partial charge is 0.397 e. The summed E-state index contributed by atoms with van der Waals surface area (Å²) in [4.78, 5) is 12.1. The van der Waals surface area contributed by atoms with Crippen LogP contribution in [0.4, 0.5) is 5.69 Å². The molecule has 1 amide bonds. The van der Waals surface area contributed by atoms with Gasteiger partial charge in [0.25, 0.3) is 5.91 Å². The lowest BCUT2D eigenvalue weighted by atomic mass is 9.80. The third-order valence-electron chi connectivity index (χ3n) is 4.11. The van der Waals surface area contributed by atoms with E-state index in [9.17, 15) is 4.79 Å². The molecule has 1 aliphatic carbocycles. The smallest absolute Gasteiger partial charge is 0.253 e. The second-order valence-electron chi connectivity index (χ2n) is 5.43. The molecule has 0 aromatic heterocycles. The monoisotopic (exact) mass is 280 g/mol. The third-order valence-corrected chi connectivity index (χ3v) is 4.44. The Hall–Kier alpha value is -1.22. The maximum atomic E-state index is 12.1. The van der Waals surface area contributed by atoms with Crippen LogP contribution < -0.4 is 11.1 Å². The molecule has 0 spiro atoms. The van der Waals surface area contributed by atoms with E-state index in [2.05, 4.69) is 12.2 Å². The number of carbonyl (C=O) groups is 1. The normalized spacial score (nSPS) is 23.1. The summed E-state index contributed by atoms with van der Waals surface area (Å²) < 4.78 is 0. The zero-order chi connectivity index (χ0) is 13.8. The first-order valence-corrected chi connectivity index (χ1v) is 7.29. The van der Waals surface area contributed by atoms with Crippen molar-refractivity contribution in [3.8, 4) is 0 Å². The van der Waals surface area contributed by atoms with Crippen molar-refractivity contribution in [2.75, 3.05) is 12.3 Å². The highest BCUT2D eigenvalue weighted by atomic mass is 35.5. The maximum absolute atomic E-state index is 12.1. The number of carbonyl (C=O) groups excluding carboxylic acids is 1. The highest BCUT2D eigenvalue weighted by molar-refractivity contribution is 6.33. The number of halogens is 1. The van der Waals surface area contributed by atoms with Crippen molar-refractivity contribution >= 4 is 23.2 Å². The van der Waals surface area contributed by atoms with Crippen molar-refractivity contribution in [1.82, 2.24) is 5.32 Å². The summed E-state index contributed by atoms with van der Waals surface area (Å²) in [7, 11) is 0. The first-order chi connectivity index (χ1) is 9.09. The van der Waals surface area contributed by atoms with Crippen molar-refractivity contribution in [1.29, 1.82) is 0 Å². The quantitative estimate of drug-likeness (QED) is 0.833. The average molecular weight is 281 g/mol. The third kappa shape index (κ3) is 3.41. The van der Waals surface area contributed by atoms with Crippen LogP contribution in [0.1, 0.15) is 43.0 Å². The Bertz CT molecular complexity index is 461. The van der Waals surface area contributed by atoms with Crippen LogP contribution in [0.15, 0.2) is 18.2 Å². The molecule has 1 aromatic rings. The average Bonchev–Trinajstić information content (AvgIpc) is 2.40. The standard InChI is InChI=1S/C15H21ClN2O/c1-10-5-2-3-6-11(10)9-18-15(19)12-7-4-8-13(16)14(12)17/h4,7-8,10-11H,2-3,5-6,9,17H2,1H3,(H,18,19). The van der Waals surface area contributed by atoms with Gasteiger partial charge in [-0.25, -0.2) is 0 Å². The molecule has 0 bridgehead atoms. The Labute approximate surface area is 119 Å². The van der Waals surface area contributed by atoms with Gasteiger partial charge in [0.05, 0.1) is 16.3 Å². The minimum Gasteiger partial charge on any atom is -0.397 e. The van der Waals surface area contributed by atoms with Crippen LogP contribution in [-0.2, 0) is 0 Å². The summed E-state index contributed by atoms with van der Waals surface area (Å²) >= 11 is 5.92. The molecule has 1 saturated carbocycles. The molecular formula is C15H21ClN2O. The van der Waals surface area contributed by atoms with E-state index in [1.807, 2.05) is 0 Å². The number of para-hydroxylation sites is 1. The molecule has 1 aromatic carbocycles. The molecule has 3 N–H and O–H groups in total. The van der Waals surface area contributed by atoms with Crippen LogP contribution in [0, 0.1) is 11.8 Å². The number of nitrogens with one attached hydrogen (secondary N) is 1. The molecule has 19 heavy (non-hydrogen) atoms. The molecule has 1 fully saturated rings. The fourth-order valence-corrected chi connectivity index (χ4v) is 2.92. The van der Waals surface area contributed by atoms with Crippen LogP contribution in [0.5, 0.6) is 0 Å². The number of benzene rings is 1. The summed E-state index contributed by atoms with van der Waals surface area (Å²) in [5.41, 5.74) is 6.65. The van der Waals surface area contributed by atoms with E-state index >= 15 is 0 Å². The molecule has 2 unspecified atom stereocenters. The Morgan fingerprint density at radius 3 is 2.89 bits per heavy atom. The molecule has 4 heteroatoms. The number of hydrogen-bond donors (Lipinski definition) is 2. The Morgan fingerprint density at radius 2 is 2.16 bits per heavy atom. The molecule has 104 valence electrons. The van der Waals surface area contributed by atoms with Crippen LogP contribution in [-0.4, -0.2) is 12.5 Å². The lowest BCUT2D eigenvalue weighted by molar-refractivity contribution is 0.0937. The number of rotatable bonds is 3. The van der Waals surface area contributed by atoms with Gasteiger partial charge in [-0.2, -0.15) is 0 Å². The first kappa shape index (κ1) is 14.2. The van der Waals surface area contributed by atoms with E-state index in [1.165, 1.54) is 25.7 Å². The first-order valence-electron chi connectivity index (χ1n) is 6.91. The molecule has 0 heterocycles. The predicted octanol–water partition coefficient (Wildman–Crippen LogP) is 3.48. The van der Waals surface area contributed by atoms with Crippen LogP contribution >= 0.6 is 11.6 Å². The molecule has 0 saturated heterocycles. The van der Waals surface area contributed by atoms with E-state index in [4.69, 9.17) is 17.3 Å². The summed E-state index contributed by atoms with van der Waals surface area (Å²) in [6, 6.07) is 5.15. The highest BCUT2D eigenvalue weighted by Crippen LogP contribution is 2.29. The van der Waals surface area contributed by atoms with Crippen LogP contribution in [0.3, 0.4) is 0 Å². The zero-order valence-corrected chi connectivity index (χ0v) is 12.0. The van der Waals surface area contributed by atoms with Gasteiger partial charge in [0.1, 0.15) is 0 Å². The molecule has 0 aliphatic heterocycles. The fourth-order valence-electron chi connectivity index (χ4n) is 2.75. The second-order valence-corrected chi connectivity index (χ2v) is 5.84. The van der Waals surface area contributed by atoms with Gasteiger partial charge in [0.15, 0.2) is 0 Å². The van der Waals surface area contributed by atoms with E-state index in [0.29, 0.717) is 28.1 Å². The van der Waals surface area contributed by atoms with Gasteiger partial charge >= 0.3 is 0 Å². The van der Waals surface area contributed by atoms with E-state index in [0.717, 1.165) is 6.54 Å². The number of nitrogens with two attached hydrogens (primary N) is 1. The lowest BCUT2D eigenvalue weighted by Gasteiger charge is -2.28. The summed E-state index contributed by atoms with van der Waals surface area (Å²) in [6.07, 6.45) is 5.04. The summed E-state index contributed by atoms with van der Waals surface area (Å²) in [6.45, 7) is 3.00. The second kappa shape index (κ2) is 6.29. The predicted molar refractivity (Wildman–Crippen MR) is 79.3 cm³/mol. The Kier molecular flexibility index (Phi) is 4.70. The SMILES string of the molecule is CC1CCCCC1CNC(=O)c1cccc(Cl)c1N. The molecule has 2 rings (SSSR count). The highest BCUT2D eigenvalue weighted by Gasteiger charge is 2.22. The van der Waals surface area contributed by atoms with Crippen molar-refractivity contribution in [3.05, 3.63) is 28.8 Å². The van der Waals surface area contributed by atoms with Crippen molar-refractivity contribution in [2.45, 2.75) is 32.6 Å². The fraction of sp³-hybridized carbons (Fsp3) is 0.533. The van der Waals surface area contributed by atoms with Crippen molar-refractivity contribution in [2.24, 2.45) is 11.8 Å². The van der Waals surface area contributed by atoms with E-state index in [-0.39, 0.29) is 5.91 Å². The molecular weight excluding hydrogens is 260 g/mol. The van der Waals surface area contributed by atoms with Gasteiger partial charge in [0, 0.05) is 6.54 Å². The zero-order valence-electron chi connectivity index (χ0n) is 11.3. The molecule has 3 nitrogen and oxygen atoms in total. The van der Waals surface area contributed by atoms with Crippen LogP contribution in [0.2, 0.25) is 5.02 Å². The summed E-state index contributed by atoms with van der Waals surface area (Å²) in [5, 5.41) is 3.42. The van der Waals surface area contributed by atoms with Gasteiger partial charge < -0.3 is 11.1 Å². The maximum Gasteiger partial charge on any atom is 0.253 e. The molecule has 1 aliphatic rings. The van der Waals surface area contributed by atoms with Gasteiger partial charge in [-0.1, -0.05) is 43.9 Å². The van der Waals surface area contributed by atoms with Crippen molar-refractivity contribution < 1.29 is 4.79 Å². The van der Waals surface area contributed by atoms with Gasteiger partial charge in [-0.3, -0.25) is 4.79 Å². The van der Waals surface area contributed by atoms with E-state index in [1.54, 1.807) is 18.2 Å². The van der Waals surface area contributed by atoms with E-state index < -0.39 is 0 Å². The number of nitrogen functional groups attached to an aromatic ring is 1. The van der Waals surface area contributed by atoms with Gasteiger partial charge in [-0.15, -0.1) is 0 Å². The number of amides is 1. The minimum atomic E-state index is -0.127. The lowest BCUT2D eigenvalue weighted by Crippen LogP contribution is -2.33. The molecule has 0 radical (unpaired) electrons. The van der Waals surface area contributed by atoms with Crippen LogP contribution in [0.25, 0.3) is 0 Å². The number of anilines is 1. The van der Waals surface area contributed by atoms with Gasteiger partial charge in [0.2, 0.25) is 0 Å². The van der Waals surface area contributed by atoms with Gasteiger partial charge in [-0.05, 0) is 30.4 Å². The summed E-state index contributed by atoms with van der Waals surface area (Å²) in [5.74, 6) is 1.14. The topological polar surface area (TPSA) is 55.1 Å². The minimum absolute atomic E-state index is 0.127. The number of hydrogen-bond acceptors (Lipinski definition) is 2. The Balaban J connectivity index is 1.95. The van der Waals surface area contributed by atoms with Crippen molar-refractivity contribution in [3.63, 3.8) is 0 Å². The Morgan fingerprint density at radius 1 is 1.42 bits per heavy atom. The molecule has 2 atom stereocenters.